The van der Waals surface area contributed by atoms with Gasteiger partial charge in [0, 0.05) is 12.6 Å². The highest BCUT2D eigenvalue weighted by molar-refractivity contribution is 6.32. The molecular formula is C15H17ClN6O4. The number of hydrazone groups is 1. The zero-order valence-electron chi connectivity index (χ0n) is 14.2. The Hall–Kier alpha value is -3.01. The minimum absolute atomic E-state index is 0.0315. The van der Waals surface area contributed by atoms with Gasteiger partial charge in [-0.25, -0.2) is 0 Å². The number of hydrogen-bond acceptors (Lipinski definition) is 7. The van der Waals surface area contributed by atoms with Crippen LogP contribution in [-0.4, -0.2) is 25.8 Å². The second-order valence-corrected chi connectivity index (χ2v) is 5.81. The predicted molar refractivity (Wildman–Crippen MR) is 97.8 cm³/mol. The number of aromatic nitrogens is 2. The van der Waals surface area contributed by atoms with Gasteiger partial charge in [0.15, 0.2) is 0 Å². The molecule has 1 N–H and O–H groups in total. The largest absolute Gasteiger partial charge is 0.301 e. The lowest BCUT2D eigenvalue weighted by Crippen LogP contribution is -2.00. The average molecular weight is 381 g/mol. The van der Waals surface area contributed by atoms with E-state index >= 15 is 0 Å². The quantitative estimate of drug-likeness (QED) is 0.420. The number of rotatable bonds is 8. The van der Waals surface area contributed by atoms with Crippen LogP contribution in [0, 0.1) is 27.2 Å². The number of aryl methyl sites for hydroxylation is 2. The number of halogens is 1. The molecule has 10 nitrogen and oxygen atoms in total. The Bertz CT molecular complexity index is 864. The molecule has 1 aromatic carbocycles. The SMILES string of the molecule is CCCCn1nc(C)c(/C=N\Nc2ccc([N+](=O)[O-])cc2[N+](=O)[O-])c1Cl. The molecule has 0 atom stereocenters. The first kappa shape index (κ1) is 19.3. The fourth-order valence-electron chi connectivity index (χ4n) is 2.22. The van der Waals surface area contributed by atoms with Crippen molar-refractivity contribution in [1.82, 2.24) is 9.78 Å². The summed E-state index contributed by atoms with van der Waals surface area (Å²) in [5.74, 6) is 0. The van der Waals surface area contributed by atoms with Crippen molar-refractivity contribution in [1.29, 1.82) is 0 Å². The molecule has 0 bridgehead atoms. The van der Waals surface area contributed by atoms with Crippen LogP contribution in [0.5, 0.6) is 0 Å². The van der Waals surface area contributed by atoms with Crippen molar-refractivity contribution in [3.8, 4) is 0 Å². The highest BCUT2D eigenvalue weighted by atomic mass is 35.5. The molecule has 0 radical (unpaired) electrons. The Balaban J connectivity index is 2.22. The molecule has 2 aromatic rings. The first-order chi connectivity index (χ1) is 12.3. The number of anilines is 1. The van der Waals surface area contributed by atoms with Gasteiger partial charge >= 0.3 is 5.69 Å². The standard InChI is InChI=1S/C15H17ClN6O4/c1-3-4-7-20-15(16)12(10(2)19-20)9-17-18-13-6-5-11(21(23)24)8-14(13)22(25)26/h5-6,8-9,18H,3-4,7H2,1-2H3/b17-9-. The summed E-state index contributed by atoms with van der Waals surface area (Å²) >= 11 is 6.28. The number of non-ortho nitro benzene ring substituents is 1. The maximum absolute atomic E-state index is 11.1. The number of nitrogens with zero attached hydrogens (tertiary/aromatic N) is 5. The van der Waals surface area contributed by atoms with Gasteiger partial charge in [-0.1, -0.05) is 24.9 Å². The number of nitrogens with one attached hydrogen (secondary N) is 1. The van der Waals surface area contributed by atoms with Crippen LogP contribution < -0.4 is 5.43 Å². The van der Waals surface area contributed by atoms with E-state index in [1.165, 1.54) is 12.3 Å². The molecule has 1 aromatic heterocycles. The van der Waals surface area contributed by atoms with Gasteiger partial charge in [-0.15, -0.1) is 0 Å². The van der Waals surface area contributed by atoms with Crippen LogP contribution in [0.15, 0.2) is 23.3 Å². The van der Waals surface area contributed by atoms with Gasteiger partial charge in [0.25, 0.3) is 5.69 Å². The van der Waals surface area contributed by atoms with E-state index in [4.69, 9.17) is 11.6 Å². The van der Waals surface area contributed by atoms with E-state index in [0.717, 1.165) is 25.0 Å². The lowest BCUT2D eigenvalue weighted by atomic mass is 10.2. The lowest BCUT2D eigenvalue weighted by molar-refractivity contribution is -0.393. The smallest absolute Gasteiger partial charge is 0.272 e. The fourth-order valence-corrected chi connectivity index (χ4v) is 2.52. The molecule has 1 heterocycles. The third-order valence-corrected chi connectivity index (χ3v) is 4.00. The minimum atomic E-state index is -0.716. The predicted octanol–water partition coefficient (Wildman–Crippen LogP) is 3.91. The van der Waals surface area contributed by atoms with E-state index < -0.39 is 15.5 Å². The maximum atomic E-state index is 11.1. The summed E-state index contributed by atoms with van der Waals surface area (Å²) in [5.41, 5.74) is 3.01. The maximum Gasteiger partial charge on any atom is 0.301 e. The summed E-state index contributed by atoms with van der Waals surface area (Å²) in [4.78, 5) is 20.4. The van der Waals surface area contributed by atoms with E-state index in [9.17, 15) is 20.2 Å². The summed E-state index contributed by atoms with van der Waals surface area (Å²) in [6, 6.07) is 3.26. The molecule has 0 unspecified atom stereocenters. The van der Waals surface area contributed by atoms with Crippen LogP contribution in [0.25, 0.3) is 0 Å². The summed E-state index contributed by atoms with van der Waals surface area (Å²) in [5, 5.41) is 30.6. The van der Waals surface area contributed by atoms with Gasteiger partial charge in [0.05, 0.1) is 33.4 Å². The average Bonchev–Trinajstić information content (AvgIpc) is 2.87. The van der Waals surface area contributed by atoms with Crippen LogP contribution in [0.4, 0.5) is 17.1 Å². The van der Waals surface area contributed by atoms with Crippen molar-refractivity contribution in [3.63, 3.8) is 0 Å². The molecule has 0 saturated carbocycles. The number of nitro groups is 2. The van der Waals surface area contributed by atoms with Crippen LogP contribution in [0.3, 0.4) is 0 Å². The number of hydrogen-bond donors (Lipinski definition) is 1. The lowest BCUT2D eigenvalue weighted by Gasteiger charge is -2.02. The molecule has 2 rings (SSSR count). The minimum Gasteiger partial charge on any atom is -0.272 e. The Morgan fingerprint density at radius 3 is 2.69 bits per heavy atom. The zero-order chi connectivity index (χ0) is 19.3. The van der Waals surface area contributed by atoms with Crippen LogP contribution in [0.2, 0.25) is 5.15 Å². The fraction of sp³-hybridized carbons (Fsp3) is 0.333. The molecule has 0 saturated heterocycles. The third-order valence-electron chi connectivity index (χ3n) is 3.60. The number of nitro benzene ring substituents is 2. The van der Waals surface area contributed by atoms with Gasteiger partial charge in [-0.3, -0.25) is 30.3 Å². The van der Waals surface area contributed by atoms with Crippen molar-refractivity contribution in [2.24, 2.45) is 5.10 Å². The third kappa shape index (κ3) is 4.33. The van der Waals surface area contributed by atoms with E-state index in [1.807, 2.05) is 0 Å². The van der Waals surface area contributed by atoms with Crippen molar-refractivity contribution in [3.05, 3.63) is 54.8 Å². The monoisotopic (exact) mass is 380 g/mol. The van der Waals surface area contributed by atoms with Crippen molar-refractivity contribution >= 4 is 34.9 Å². The van der Waals surface area contributed by atoms with Crippen molar-refractivity contribution < 1.29 is 9.85 Å². The number of unbranched alkanes of at least 4 members (excludes halogenated alkanes) is 1. The topological polar surface area (TPSA) is 128 Å². The van der Waals surface area contributed by atoms with Crippen LogP contribution in [0.1, 0.15) is 31.0 Å². The van der Waals surface area contributed by atoms with Gasteiger partial charge in [-0.2, -0.15) is 10.2 Å². The Morgan fingerprint density at radius 1 is 1.35 bits per heavy atom. The molecule has 0 amide bonds. The second kappa shape index (κ2) is 8.39. The molecule has 138 valence electrons. The molecule has 0 aliphatic heterocycles. The van der Waals surface area contributed by atoms with Gasteiger partial charge in [0.1, 0.15) is 10.8 Å². The summed E-state index contributed by atoms with van der Waals surface area (Å²) in [6.07, 6.45) is 3.35. The number of benzene rings is 1. The summed E-state index contributed by atoms with van der Waals surface area (Å²) < 4.78 is 1.68. The highest BCUT2D eigenvalue weighted by Crippen LogP contribution is 2.29. The molecule has 26 heavy (non-hydrogen) atoms. The van der Waals surface area contributed by atoms with Crippen LogP contribution in [-0.2, 0) is 6.54 Å². The second-order valence-electron chi connectivity index (χ2n) is 5.45. The van der Waals surface area contributed by atoms with Gasteiger partial charge in [0.2, 0.25) is 0 Å². The molecule has 11 heteroatoms. The molecule has 0 fully saturated rings. The Kier molecular flexibility index (Phi) is 6.23. The van der Waals surface area contributed by atoms with Crippen LogP contribution >= 0.6 is 11.6 Å². The summed E-state index contributed by atoms with van der Waals surface area (Å²) in [7, 11) is 0. The summed E-state index contributed by atoms with van der Waals surface area (Å²) in [6.45, 7) is 4.53. The van der Waals surface area contributed by atoms with E-state index in [2.05, 4.69) is 22.5 Å². The van der Waals surface area contributed by atoms with Crippen molar-refractivity contribution in [2.75, 3.05) is 5.43 Å². The van der Waals surface area contributed by atoms with E-state index in [-0.39, 0.29) is 11.4 Å². The highest BCUT2D eigenvalue weighted by Gasteiger charge is 2.19. The molecule has 0 spiro atoms. The van der Waals surface area contributed by atoms with E-state index in [1.54, 1.807) is 11.6 Å². The Morgan fingerprint density at radius 2 is 2.08 bits per heavy atom. The van der Waals surface area contributed by atoms with E-state index in [0.29, 0.717) is 23.0 Å². The van der Waals surface area contributed by atoms with Gasteiger partial charge in [-0.05, 0) is 19.4 Å². The molecular weight excluding hydrogens is 364 g/mol. The Labute approximate surface area is 153 Å². The normalized spacial score (nSPS) is 11.0. The molecule has 0 aliphatic rings. The first-order valence-corrected chi connectivity index (χ1v) is 8.17. The first-order valence-electron chi connectivity index (χ1n) is 7.80. The van der Waals surface area contributed by atoms with Gasteiger partial charge < -0.3 is 0 Å². The molecule has 0 aliphatic carbocycles. The van der Waals surface area contributed by atoms with Crippen molar-refractivity contribution in [2.45, 2.75) is 33.2 Å². The zero-order valence-corrected chi connectivity index (χ0v) is 14.9.